The third-order valence-corrected chi connectivity index (χ3v) is 3.43. The van der Waals surface area contributed by atoms with Crippen LogP contribution in [0.15, 0.2) is 67.4 Å². The Morgan fingerprint density at radius 3 is 2.40 bits per heavy atom. The van der Waals surface area contributed by atoms with Crippen molar-refractivity contribution in [1.82, 2.24) is 9.97 Å². The number of H-pyrrole nitrogens is 1. The van der Waals surface area contributed by atoms with Gasteiger partial charge in [-0.25, -0.2) is 4.57 Å². The smallest absolute Gasteiger partial charge is 0.169 e. The number of aryl methyl sites for hydroxylation is 2. The SMILES string of the molecule is c1c[nH]c(CCC[n+]2ccc(-c3ccncc3)cc2)c1. The van der Waals surface area contributed by atoms with Crippen molar-refractivity contribution in [2.45, 2.75) is 19.4 Å². The van der Waals surface area contributed by atoms with E-state index >= 15 is 0 Å². The highest BCUT2D eigenvalue weighted by atomic mass is 14.9. The van der Waals surface area contributed by atoms with Crippen molar-refractivity contribution in [2.75, 3.05) is 0 Å². The summed E-state index contributed by atoms with van der Waals surface area (Å²) in [5.74, 6) is 0. The van der Waals surface area contributed by atoms with E-state index < -0.39 is 0 Å². The Morgan fingerprint density at radius 1 is 0.950 bits per heavy atom. The fraction of sp³-hybridized carbons (Fsp3) is 0.176. The second-order valence-corrected chi connectivity index (χ2v) is 4.86. The lowest BCUT2D eigenvalue weighted by molar-refractivity contribution is -0.697. The van der Waals surface area contributed by atoms with E-state index in [-0.39, 0.29) is 0 Å². The van der Waals surface area contributed by atoms with Crippen LogP contribution < -0.4 is 4.57 Å². The molecule has 0 aliphatic heterocycles. The molecule has 3 aromatic heterocycles. The van der Waals surface area contributed by atoms with Gasteiger partial charge in [-0.05, 0) is 41.8 Å². The number of hydrogen-bond acceptors (Lipinski definition) is 1. The van der Waals surface area contributed by atoms with Crippen LogP contribution in [0, 0.1) is 0 Å². The van der Waals surface area contributed by atoms with Gasteiger partial charge in [0.05, 0.1) is 0 Å². The number of rotatable bonds is 5. The maximum absolute atomic E-state index is 4.05. The topological polar surface area (TPSA) is 32.6 Å². The summed E-state index contributed by atoms with van der Waals surface area (Å²) in [6.07, 6.45) is 12.1. The Balaban J connectivity index is 1.59. The van der Waals surface area contributed by atoms with Crippen LogP contribution in [-0.2, 0) is 13.0 Å². The van der Waals surface area contributed by atoms with Crippen LogP contribution in [0.25, 0.3) is 11.1 Å². The first kappa shape index (κ1) is 12.6. The van der Waals surface area contributed by atoms with Gasteiger partial charge in [0.2, 0.25) is 0 Å². The van der Waals surface area contributed by atoms with Crippen LogP contribution in [-0.4, -0.2) is 9.97 Å². The molecular formula is C17H18N3+. The van der Waals surface area contributed by atoms with Crippen molar-refractivity contribution in [3.05, 3.63) is 73.1 Å². The van der Waals surface area contributed by atoms with E-state index in [2.05, 4.69) is 45.1 Å². The van der Waals surface area contributed by atoms with Crippen LogP contribution in [0.4, 0.5) is 0 Å². The van der Waals surface area contributed by atoms with Gasteiger partial charge in [0.25, 0.3) is 0 Å². The molecule has 0 spiro atoms. The standard InChI is InChI=1S/C17H18N3/c1-3-17(19-9-1)4-2-12-20-13-7-16(8-14-20)15-5-10-18-11-6-15/h1,3,5-11,13-14,19H,2,4,12H2/q+1. The van der Waals surface area contributed by atoms with Crippen molar-refractivity contribution in [2.24, 2.45) is 0 Å². The van der Waals surface area contributed by atoms with Crippen LogP contribution in [0.5, 0.6) is 0 Å². The van der Waals surface area contributed by atoms with E-state index in [9.17, 15) is 0 Å². The van der Waals surface area contributed by atoms with Gasteiger partial charge in [-0.3, -0.25) is 4.98 Å². The summed E-state index contributed by atoms with van der Waals surface area (Å²) in [6.45, 7) is 1.04. The maximum Gasteiger partial charge on any atom is 0.169 e. The summed E-state index contributed by atoms with van der Waals surface area (Å²) in [5.41, 5.74) is 3.74. The molecule has 100 valence electrons. The van der Waals surface area contributed by atoms with Crippen LogP contribution in [0.3, 0.4) is 0 Å². The first-order valence-electron chi connectivity index (χ1n) is 6.93. The van der Waals surface area contributed by atoms with Crippen molar-refractivity contribution < 1.29 is 4.57 Å². The summed E-state index contributed by atoms with van der Waals surface area (Å²) in [4.78, 5) is 7.28. The predicted octanol–water partition coefficient (Wildman–Crippen LogP) is 3.00. The van der Waals surface area contributed by atoms with Crippen molar-refractivity contribution in [3.8, 4) is 11.1 Å². The van der Waals surface area contributed by atoms with Gasteiger partial charge in [-0.15, -0.1) is 0 Å². The van der Waals surface area contributed by atoms with E-state index in [1.165, 1.54) is 16.8 Å². The number of pyridine rings is 2. The molecule has 3 rings (SSSR count). The number of aromatic nitrogens is 3. The monoisotopic (exact) mass is 264 g/mol. The van der Waals surface area contributed by atoms with Gasteiger partial charge >= 0.3 is 0 Å². The largest absolute Gasteiger partial charge is 0.365 e. The average molecular weight is 264 g/mol. The molecule has 0 amide bonds. The fourth-order valence-electron chi connectivity index (χ4n) is 2.32. The van der Waals surface area contributed by atoms with Crippen LogP contribution >= 0.6 is 0 Å². The minimum atomic E-state index is 1.04. The Kier molecular flexibility index (Phi) is 3.88. The Bertz CT molecular complexity index is 628. The molecule has 0 atom stereocenters. The summed E-state index contributed by atoms with van der Waals surface area (Å²) in [5, 5.41) is 0. The highest BCUT2D eigenvalue weighted by Gasteiger charge is 2.03. The minimum absolute atomic E-state index is 1.04. The van der Waals surface area contributed by atoms with Crippen LogP contribution in [0.2, 0.25) is 0 Å². The van der Waals surface area contributed by atoms with Crippen molar-refractivity contribution in [3.63, 3.8) is 0 Å². The highest BCUT2D eigenvalue weighted by Crippen LogP contribution is 2.15. The van der Waals surface area contributed by atoms with Crippen LogP contribution in [0.1, 0.15) is 12.1 Å². The first-order chi connectivity index (χ1) is 9.92. The minimum Gasteiger partial charge on any atom is -0.365 e. The lowest BCUT2D eigenvalue weighted by Crippen LogP contribution is -2.32. The highest BCUT2D eigenvalue weighted by molar-refractivity contribution is 5.61. The molecule has 0 saturated heterocycles. The van der Waals surface area contributed by atoms with Gasteiger partial charge < -0.3 is 4.98 Å². The number of hydrogen-bond donors (Lipinski definition) is 1. The molecule has 0 bridgehead atoms. The first-order valence-corrected chi connectivity index (χ1v) is 6.93. The van der Waals surface area contributed by atoms with Gasteiger partial charge in [0, 0.05) is 42.8 Å². The summed E-state index contributed by atoms with van der Waals surface area (Å²) in [7, 11) is 0. The molecule has 0 radical (unpaired) electrons. The summed E-state index contributed by atoms with van der Waals surface area (Å²) >= 11 is 0. The Morgan fingerprint density at radius 2 is 1.70 bits per heavy atom. The summed E-state index contributed by atoms with van der Waals surface area (Å²) in [6, 6.07) is 12.6. The molecular weight excluding hydrogens is 246 g/mol. The van der Waals surface area contributed by atoms with E-state index in [1.54, 1.807) is 0 Å². The van der Waals surface area contributed by atoms with Crippen molar-refractivity contribution >= 4 is 0 Å². The molecule has 20 heavy (non-hydrogen) atoms. The zero-order valence-corrected chi connectivity index (χ0v) is 11.4. The molecule has 0 unspecified atom stereocenters. The molecule has 0 aromatic carbocycles. The molecule has 3 heteroatoms. The van der Waals surface area contributed by atoms with E-state index in [0.29, 0.717) is 0 Å². The Labute approximate surface area is 118 Å². The molecule has 0 aliphatic carbocycles. The molecule has 0 saturated carbocycles. The average Bonchev–Trinajstić information content (AvgIpc) is 3.02. The third-order valence-electron chi connectivity index (χ3n) is 3.43. The number of aromatic amines is 1. The molecule has 3 nitrogen and oxygen atoms in total. The van der Waals surface area contributed by atoms with E-state index in [0.717, 1.165) is 19.4 Å². The zero-order chi connectivity index (χ0) is 13.6. The molecule has 1 N–H and O–H groups in total. The van der Waals surface area contributed by atoms with Crippen molar-refractivity contribution in [1.29, 1.82) is 0 Å². The van der Waals surface area contributed by atoms with Gasteiger partial charge in [-0.1, -0.05) is 0 Å². The quantitative estimate of drug-likeness (QED) is 0.706. The third kappa shape index (κ3) is 3.12. The second kappa shape index (κ2) is 6.15. The summed E-state index contributed by atoms with van der Waals surface area (Å²) < 4.78 is 2.23. The Hall–Kier alpha value is -2.42. The normalized spacial score (nSPS) is 10.6. The second-order valence-electron chi connectivity index (χ2n) is 4.86. The molecule has 0 aliphatic rings. The van der Waals surface area contributed by atoms with Gasteiger partial charge in [0.15, 0.2) is 12.4 Å². The van der Waals surface area contributed by atoms with E-state index in [4.69, 9.17) is 0 Å². The van der Waals surface area contributed by atoms with Gasteiger partial charge in [-0.2, -0.15) is 0 Å². The van der Waals surface area contributed by atoms with E-state index in [1.807, 2.05) is 36.8 Å². The lowest BCUT2D eigenvalue weighted by atomic mass is 10.1. The lowest BCUT2D eigenvalue weighted by Gasteiger charge is -2.01. The predicted molar refractivity (Wildman–Crippen MR) is 79.0 cm³/mol. The molecule has 3 heterocycles. The maximum atomic E-state index is 4.05. The van der Waals surface area contributed by atoms with Gasteiger partial charge in [0.1, 0.15) is 6.54 Å². The number of nitrogens with zero attached hydrogens (tertiary/aromatic N) is 2. The fourth-order valence-corrected chi connectivity index (χ4v) is 2.32. The zero-order valence-electron chi connectivity index (χ0n) is 11.4. The molecule has 3 aromatic rings. The number of nitrogens with one attached hydrogen (secondary N) is 1. The molecule has 0 fully saturated rings.